The number of amides is 3. The first-order valence-electron chi connectivity index (χ1n) is 8.60. The molecule has 0 N–H and O–H groups in total. The zero-order valence-electron chi connectivity index (χ0n) is 14.2. The molecule has 0 spiro atoms. The molecule has 3 aliphatic heterocycles. The van der Waals surface area contributed by atoms with Crippen molar-refractivity contribution in [2.24, 2.45) is 17.8 Å². The smallest absolute Gasteiger partial charge is 0.240 e. The third kappa shape index (κ3) is 2.20. The molecule has 1 aromatic carbocycles. The molecule has 2 bridgehead atoms. The number of nitrogens with zero attached hydrogens (tertiary/aromatic N) is 2. The van der Waals surface area contributed by atoms with Gasteiger partial charge in [0.1, 0.15) is 5.75 Å². The molecule has 0 aromatic heterocycles. The van der Waals surface area contributed by atoms with Crippen molar-refractivity contribution >= 4 is 23.4 Å². The van der Waals surface area contributed by atoms with E-state index in [-0.39, 0.29) is 23.8 Å². The highest BCUT2D eigenvalue weighted by atomic mass is 16.5. The van der Waals surface area contributed by atoms with Gasteiger partial charge in [0.05, 0.1) is 36.1 Å². The average molecular weight is 340 g/mol. The summed E-state index contributed by atoms with van der Waals surface area (Å²) in [4.78, 5) is 41.0. The number of hydrogen-bond acceptors (Lipinski definition) is 4. The van der Waals surface area contributed by atoms with E-state index in [0.29, 0.717) is 18.0 Å². The monoisotopic (exact) mass is 340 g/mol. The van der Waals surface area contributed by atoms with Crippen molar-refractivity contribution in [3.63, 3.8) is 0 Å². The van der Waals surface area contributed by atoms with E-state index in [1.165, 1.54) is 4.90 Å². The summed E-state index contributed by atoms with van der Waals surface area (Å²) in [5.41, 5.74) is 0.530. The van der Waals surface area contributed by atoms with Gasteiger partial charge < -0.3 is 9.64 Å². The van der Waals surface area contributed by atoms with Crippen LogP contribution in [0.1, 0.15) is 13.3 Å². The fourth-order valence-electron chi connectivity index (χ4n) is 4.08. The molecule has 0 radical (unpaired) electrons. The number of likely N-dealkylation sites (N-methyl/N-ethyl adjacent to an activating group) is 1. The second-order valence-corrected chi connectivity index (χ2v) is 6.76. The predicted octanol–water partition coefficient (Wildman–Crippen LogP) is 1.61. The molecule has 1 aliphatic carbocycles. The Bertz CT molecular complexity index is 770. The first-order valence-corrected chi connectivity index (χ1v) is 8.60. The standard InChI is InChI=1S/C19H20N2O4/c1-3-10-25-12-6-4-11(5-7-12)21-18(23)15-13-8-9-14(16(15)19(21)24)20(2)17(13)22/h4-9,13-16H,3,10H2,1-2H3/t13-,14-,15+,16-/m0/s1. The van der Waals surface area contributed by atoms with Crippen molar-refractivity contribution in [3.05, 3.63) is 36.4 Å². The van der Waals surface area contributed by atoms with Crippen molar-refractivity contribution in [2.75, 3.05) is 18.6 Å². The Morgan fingerprint density at radius 2 is 1.64 bits per heavy atom. The van der Waals surface area contributed by atoms with Crippen LogP contribution in [0.15, 0.2) is 36.4 Å². The summed E-state index contributed by atoms with van der Waals surface area (Å²) < 4.78 is 5.54. The molecule has 6 heteroatoms. The molecular formula is C19H20N2O4. The first-order chi connectivity index (χ1) is 12.0. The molecule has 0 unspecified atom stereocenters. The van der Waals surface area contributed by atoms with E-state index in [2.05, 4.69) is 0 Å². The zero-order valence-corrected chi connectivity index (χ0v) is 14.2. The average Bonchev–Trinajstić information content (AvgIpc) is 2.90. The third-order valence-electron chi connectivity index (χ3n) is 5.32. The summed E-state index contributed by atoms with van der Waals surface area (Å²) >= 11 is 0. The van der Waals surface area contributed by atoms with E-state index in [9.17, 15) is 14.4 Å². The second kappa shape index (κ2) is 5.72. The normalized spacial score (nSPS) is 30.2. The molecule has 2 saturated heterocycles. The van der Waals surface area contributed by atoms with E-state index in [1.807, 2.05) is 13.0 Å². The number of benzene rings is 1. The van der Waals surface area contributed by atoms with Crippen LogP contribution >= 0.6 is 0 Å². The van der Waals surface area contributed by atoms with E-state index in [0.717, 1.165) is 6.42 Å². The number of anilines is 1. The summed E-state index contributed by atoms with van der Waals surface area (Å²) in [6.45, 7) is 2.65. The van der Waals surface area contributed by atoms with Crippen LogP contribution in [0.2, 0.25) is 0 Å². The van der Waals surface area contributed by atoms with Gasteiger partial charge in [-0.2, -0.15) is 0 Å². The van der Waals surface area contributed by atoms with Crippen LogP contribution < -0.4 is 9.64 Å². The van der Waals surface area contributed by atoms with Crippen molar-refractivity contribution in [3.8, 4) is 5.75 Å². The fourth-order valence-corrected chi connectivity index (χ4v) is 4.08. The summed E-state index contributed by atoms with van der Waals surface area (Å²) in [5, 5.41) is 0. The topological polar surface area (TPSA) is 66.9 Å². The number of hydrogen-bond donors (Lipinski definition) is 0. The summed E-state index contributed by atoms with van der Waals surface area (Å²) in [6, 6.07) is 6.63. The Hall–Kier alpha value is -2.63. The molecule has 2 fully saturated rings. The Balaban J connectivity index is 1.64. The lowest BCUT2D eigenvalue weighted by molar-refractivity contribution is -0.148. The van der Waals surface area contributed by atoms with Gasteiger partial charge in [-0.05, 0) is 30.7 Å². The van der Waals surface area contributed by atoms with Gasteiger partial charge in [0.25, 0.3) is 0 Å². The van der Waals surface area contributed by atoms with E-state index >= 15 is 0 Å². The number of ether oxygens (including phenoxy) is 1. The van der Waals surface area contributed by atoms with Crippen LogP contribution in [0.4, 0.5) is 5.69 Å². The van der Waals surface area contributed by atoms with E-state index < -0.39 is 17.8 Å². The molecule has 3 amide bonds. The van der Waals surface area contributed by atoms with Gasteiger partial charge in [-0.1, -0.05) is 19.1 Å². The van der Waals surface area contributed by atoms with Gasteiger partial charge in [-0.15, -0.1) is 0 Å². The molecule has 5 rings (SSSR count). The minimum Gasteiger partial charge on any atom is -0.494 e. The van der Waals surface area contributed by atoms with Crippen LogP contribution in [0.25, 0.3) is 0 Å². The number of fused-ring (bicyclic) bond motifs is 1. The molecule has 0 saturated carbocycles. The molecular weight excluding hydrogens is 320 g/mol. The second-order valence-electron chi connectivity index (χ2n) is 6.76. The quantitative estimate of drug-likeness (QED) is 0.617. The van der Waals surface area contributed by atoms with Gasteiger partial charge >= 0.3 is 0 Å². The Morgan fingerprint density at radius 1 is 0.960 bits per heavy atom. The Morgan fingerprint density at radius 3 is 2.32 bits per heavy atom. The highest BCUT2D eigenvalue weighted by Crippen LogP contribution is 2.46. The lowest BCUT2D eigenvalue weighted by Gasteiger charge is -2.44. The van der Waals surface area contributed by atoms with Crippen LogP contribution in [-0.2, 0) is 14.4 Å². The summed E-state index contributed by atoms with van der Waals surface area (Å²) in [5.74, 6) is -1.48. The number of piperidine rings is 1. The predicted molar refractivity (Wildman–Crippen MR) is 90.9 cm³/mol. The highest BCUT2D eigenvalue weighted by Gasteiger charge is 2.61. The fraction of sp³-hybridized carbons (Fsp3) is 0.421. The number of carbonyl (C=O) groups is 3. The maximum atomic E-state index is 13.0. The van der Waals surface area contributed by atoms with Crippen molar-refractivity contribution < 1.29 is 19.1 Å². The summed E-state index contributed by atoms with van der Waals surface area (Å²) in [6.07, 6.45) is 4.57. The zero-order chi connectivity index (χ0) is 17.7. The minimum absolute atomic E-state index is 0.0833. The van der Waals surface area contributed by atoms with Crippen LogP contribution in [0, 0.1) is 17.8 Å². The highest BCUT2D eigenvalue weighted by molar-refractivity contribution is 6.24. The van der Waals surface area contributed by atoms with Gasteiger partial charge in [-0.3, -0.25) is 14.4 Å². The Labute approximate surface area is 146 Å². The van der Waals surface area contributed by atoms with Crippen molar-refractivity contribution in [2.45, 2.75) is 19.4 Å². The molecule has 130 valence electrons. The maximum absolute atomic E-state index is 13.0. The number of imide groups is 1. The first kappa shape index (κ1) is 15.9. The van der Waals surface area contributed by atoms with Crippen molar-refractivity contribution in [1.29, 1.82) is 0 Å². The minimum atomic E-state index is -0.581. The molecule has 4 aliphatic rings. The van der Waals surface area contributed by atoms with Crippen molar-refractivity contribution in [1.82, 2.24) is 4.90 Å². The molecule has 4 atom stereocenters. The van der Waals surface area contributed by atoms with Gasteiger partial charge in [0.2, 0.25) is 17.7 Å². The van der Waals surface area contributed by atoms with E-state index in [4.69, 9.17) is 4.74 Å². The van der Waals surface area contributed by atoms with Gasteiger partial charge in [0, 0.05) is 7.05 Å². The van der Waals surface area contributed by atoms with E-state index in [1.54, 1.807) is 42.3 Å². The largest absolute Gasteiger partial charge is 0.494 e. The molecule has 3 heterocycles. The van der Waals surface area contributed by atoms with Gasteiger partial charge in [-0.25, -0.2) is 4.90 Å². The molecule has 6 nitrogen and oxygen atoms in total. The van der Waals surface area contributed by atoms with Crippen LogP contribution in [0.3, 0.4) is 0 Å². The number of carbonyl (C=O) groups excluding carboxylic acids is 3. The van der Waals surface area contributed by atoms with Crippen LogP contribution in [-0.4, -0.2) is 42.3 Å². The third-order valence-corrected chi connectivity index (χ3v) is 5.32. The maximum Gasteiger partial charge on any atom is 0.240 e. The van der Waals surface area contributed by atoms with Gasteiger partial charge in [0.15, 0.2) is 0 Å². The molecule has 25 heavy (non-hydrogen) atoms. The number of rotatable bonds is 4. The lowest BCUT2D eigenvalue weighted by atomic mass is 9.70. The molecule has 1 aromatic rings. The SMILES string of the molecule is CCCOc1ccc(N2C(=O)[C@@H]3[C@H](C2=O)[C@@H]2C=C[C@@H]3N(C)C2=O)cc1. The Kier molecular flexibility index (Phi) is 3.63. The van der Waals surface area contributed by atoms with Crippen LogP contribution in [0.5, 0.6) is 5.75 Å². The summed E-state index contributed by atoms with van der Waals surface area (Å²) in [7, 11) is 1.69. The lowest BCUT2D eigenvalue weighted by Crippen LogP contribution is -2.57.